The summed E-state index contributed by atoms with van der Waals surface area (Å²) in [5, 5.41) is 1.21. The number of ketones is 1. The third-order valence-electron chi connectivity index (χ3n) is 5.24. The molecule has 0 radical (unpaired) electrons. The van der Waals surface area contributed by atoms with Crippen LogP contribution in [0.2, 0.25) is 5.15 Å². The predicted molar refractivity (Wildman–Crippen MR) is 121 cm³/mol. The summed E-state index contributed by atoms with van der Waals surface area (Å²) < 4.78 is 13.1. The molecule has 31 heavy (non-hydrogen) atoms. The molecule has 3 heterocycles. The summed E-state index contributed by atoms with van der Waals surface area (Å²) in [5.41, 5.74) is 2.72. The Balaban J connectivity index is 1.40. The number of amides is 2. The summed E-state index contributed by atoms with van der Waals surface area (Å²) in [6.07, 6.45) is 2.64. The Morgan fingerprint density at radius 3 is 2.61 bits per heavy atom. The first kappa shape index (κ1) is 21.5. The Labute approximate surface area is 189 Å². The van der Waals surface area contributed by atoms with Crippen LogP contribution in [-0.4, -0.2) is 34.8 Å². The molecule has 1 aliphatic rings. The molecule has 8 heteroatoms. The van der Waals surface area contributed by atoms with Crippen LogP contribution in [0.15, 0.2) is 48.7 Å². The zero-order valence-electron chi connectivity index (χ0n) is 17.0. The molecule has 1 aromatic carbocycles. The van der Waals surface area contributed by atoms with Crippen LogP contribution in [0.25, 0.3) is 0 Å². The third kappa shape index (κ3) is 4.94. The molecule has 0 N–H and O–H groups in total. The molecular formula is C23H21ClFN3O2S. The van der Waals surface area contributed by atoms with Crippen LogP contribution in [-0.2, 0) is 13.0 Å². The highest BCUT2D eigenvalue weighted by Crippen LogP contribution is 2.33. The number of hydrogen-bond donors (Lipinski definition) is 0. The average Bonchev–Trinajstić information content (AvgIpc) is 3.31. The van der Waals surface area contributed by atoms with Crippen LogP contribution in [0, 0.1) is 12.7 Å². The minimum atomic E-state index is -0.295. The first-order valence-corrected chi connectivity index (χ1v) is 11.1. The van der Waals surface area contributed by atoms with Gasteiger partial charge in [-0.05, 0) is 54.3 Å². The van der Waals surface area contributed by atoms with E-state index in [4.69, 9.17) is 11.6 Å². The van der Waals surface area contributed by atoms with Crippen molar-refractivity contribution in [3.05, 3.63) is 81.2 Å². The molecule has 2 aromatic heterocycles. The van der Waals surface area contributed by atoms with Crippen molar-refractivity contribution < 1.29 is 14.0 Å². The maximum absolute atomic E-state index is 13.1. The van der Waals surface area contributed by atoms with Crippen LogP contribution < -0.4 is 4.90 Å². The monoisotopic (exact) mass is 457 g/mol. The summed E-state index contributed by atoms with van der Waals surface area (Å²) in [6, 6.07) is 11.6. The van der Waals surface area contributed by atoms with Crippen molar-refractivity contribution in [2.24, 2.45) is 0 Å². The fourth-order valence-corrected chi connectivity index (χ4v) is 4.82. The molecule has 0 aliphatic carbocycles. The van der Waals surface area contributed by atoms with Gasteiger partial charge in [0.2, 0.25) is 0 Å². The summed E-state index contributed by atoms with van der Waals surface area (Å²) in [7, 11) is 0. The molecule has 0 unspecified atom stereocenters. The van der Waals surface area contributed by atoms with Gasteiger partial charge in [-0.25, -0.2) is 14.2 Å². The van der Waals surface area contributed by atoms with Gasteiger partial charge in [0.15, 0.2) is 5.78 Å². The van der Waals surface area contributed by atoms with E-state index in [0.717, 1.165) is 21.7 Å². The van der Waals surface area contributed by atoms with E-state index in [1.807, 2.05) is 19.1 Å². The molecule has 4 rings (SSSR count). The number of carbonyl (C=O) groups excluding carboxylic acids is 2. The van der Waals surface area contributed by atoms with Gasteiger partial charge in [-0.1, -0.05) is 29.8 Å². The van der Waals surface area contributed by atoms with E-state index in [9.17, 15) is 14.0 Å². The normalized spacial score (nSPS) is 13.8. The molecule has 0 atom stereocenters. The molecule has 0 spiro atoms. The molecule has 0 saturated carbocycles. The van der Waals surface area contributed by atoms with E-state index < -0.39 is 0 Å². The number of urea groups is 1. The Morgan fingerprint density at radius 2 is 1.90 bits per heavy atom. The lowest BCUT2D eigenvalue weighted by Crippen LogP contribution is -2.30. The van der Waals surface area contributed by atoms with Gasteiger partial charge >= 0.3 is 6.03 Å². The highest BCUT2D eigenvalue weighted by molar-refractivity contribution is 7.18. The second kappa shape index (κ2) is 9.16. The van der Waals surface area contributed by atoms with Gasteiger partial charge in [0.25, 0.3) is 0 Å². The van der Waals surface area contributed by atoms with Crippen molar-refractivity contribution in [3.63, 3.8) is 0 Å². The van der Waals surface area contributed by atoms with E-state index in [2.05, 4.69) is 4.98 Å². The lowest BCUT2D eigenvalue weighted by Gasteiger charge is -2.17. The van der Waals surface area contributed by atoms with Crippen LogP contribution >= 0.6 is 22.9 Å². The third-order valence-corrected chi connectivity index (χ3v) is 6.76. The number of rotatable bonds is 7. The number of pyridine rings is 1. The first-order valence-electron chi connectivity index (χ1n) is 9.95. The van der Waals surface area contributed by atoms with Crippen molar-refractivity contribution in [2.45, 2.75) is 26.3 Å². The van der Waals surface area contributed by atoms with E-state index in [-0.39, 0.29) is 17.6 Å². The topological polar surface area (TPSA) is 53.5 Å². The number of carbonyl (C=O) groups is 2. The number of hydrogen-bond acceptors (Lipinski definition) is 4. The molecule has 160 valence electrons. The molecule has 0 bridgehead atoms. The van der Waals surface area contributed by atoms with Gasteiger partial charge in [0.1, 0.15) is 11.0 Å². The van der Waals surface area contributed by atoms with Crippen molar-refractivity contribution in [2.75, 3.05) is 18.0 Å². The van der Waals surface area contributed by atoms with Crippen molar-refractivity contribution in [1.29, 1.82) is 0 Å². The van der Waals surface area contributed by atoms with E-state index in [1.165, 1.54) is 23.5 Å². The summed E-state index contributed by atoms with van der Waals surface area (Å²) >= 11 is 7.16. The fraction of sp³-hybridized carbons (Fsp3) is 0.261. The molecule has 5 nitrogen and oxygen atoms in total. The Morgan fingerprint density at radius 1 is 1.16 bits per heavy atom. The Hall–Kier alpha value is -2.77. The van der Waals surface area contributed by atoms with Crippen molar-refractivity contribution in [3.8, 4) is 0 Å². The molecule has 3 aromatic rings. The van der Waals surface area contributed by atoms with Crippen LogP contribution in [0.4, 0.5) is 14.2 Å². The summed E-state index contributed by atoms with van der Waals surface area (Å²) in [5.74, 6) is -0.241. The number of halogens is 2. The zero-order chi connectivity index (χ0) is 22.0. The quantitative estimate of drug-likeness (QED) is 0.347. The second-order valence-corrected chi connectivity index (χ2v) is 8.91. The van der Waals surface area contributed by atoms with Gasteiger partial charge in [0.05, 0.1) is 9.88 Å². The van der Waals surface area contributed by atoms with Crippen LogP contribution in [0.5, 0.6) is 0 Å². The Kier molecular flexibility index (Phi) is 6.34. The average molecular weight is 458 g/mol. The predicted octanol–water partition coefficient (Wildman–Crippen LogP) is 5.50. The standard InChI is InChI=1S/C23H21ClFN3O2S/c1-15-12-21(31-22(15)19(29)8-4-16-5-9-20(24)26-13-16)28-11-10-27(23(28)30)14-17-2-6-18(25)7-3-17/h2-3,5-7,9,12-13H,4,8,10-11,14H2,1H3. The lowest BCUT2D eigenvalue weighted by molar-refractivity contribution is 0.0986. The van der Waals surface area contributed by atoms with Gasteiger partial charge in [-0.2, -0.15) is 0 Å². The number of thiophene rings is 1. The number of aromatic nitrogens is 1. The maximum atomic E-state index is 13.1. The fourth-order valence-electron chi connectivity index (χ4n) is 3.54. The van der Waals surface area contributed by atoms with E-state index in [1.54, 1.807) is 34.2 Å². The maximum Gasteiger partial charge on any atom is 0.325 e. The molecular weight excluding hydrogens is 437 g/mol. The van der Waals surface area contributed by atoms with E-state index >= 15 is 0 Å². The number of nitrogens with zero attached hydrogens (tertiary/aromatic N) is 3. The second-order valence-electron chi connectivity index (χ2n) is 7.49. The highest BCUT2D eigenvalue weighted by Gasteiger charge is 2.31. The van der Waals surface area contributed by atoms with Crippen molar-refractivity contribution >= 4 is 39.8 Å². The molecule has 1 fully saturated rings. The highest BCUT2D eigenvalue weighted by atomic mass is 35.5. The summed E-state index contributed by atoms with van der Waals surface area (Å²) in [4.78, 5) is 33.8. The number of aryl methyl sites for hydroxylation is 2. The van der Waals surface area contributed by atoms with Crippen LogP contribution in [0.1, 0.15) is 32.8 Å². The van der Waals surface area contributed by atoms with Crippen molar-refractivity contribution in [1.82, 2.24) is 9.88 Å². The van der Waals surface area contributed by atoms with Gasteiger partial charge in [0, 0.05) is 32.3 Å². The summed E-state index contributed by atoms with van der Waals surface area (Å²) in [6.45, 7) is 3.47. The number of benzene rings is 1. The van der Waals surface area contributed by atoms with Crippen LogP contribution in [0.3, 0.4) is 0 Å². The van der Waals surface area contributed by atoms with Gasteiger partial charge in [-0.3, -0.25) is 9.69 Å². The zero-order valence-corrected chi connectivity index (χ0v) is 18.5. The molecule has 1 saturated heterocycles. The van der Waals surface area contributed by atoms with Gasteiger partial charge < -0.3 is 4.90 Å². The largest absolute Gasteiger partial charge is 0.325 e. The smallest absolute Gasteiger partial charge is 0.318 e. The molecule has 2 amide bonds. The van der Waals surface area contributed by atoms with E-state index in [0.29, 0.717) is 42.5 Å². The minimum Gasteiger partial charge on any atom is -0.318 e. The molecule has 1 aliphatic heterocycles. The number of Topliss-reactive ketones (excluding diaryl/α,β-unsaturated/α-hetero) is 1. The minimum absolute atomic E-state index is 0.0542. The lowest BCUT2D eigenvalue weighted by atomic mass is 10.1. The number of anilines is 1. The Bertz CT molecular complexity index is 1100. The van der Waals surface area contributed by atoms with Gasteiger partial charge in [-0.15, -0.1) is 11.3 Å². The SMILES string of the molecule is Cc1cc(N2CCN(Cc3ccc(F)cc3)C2=O)sc1C(=O)CCc1ccc(Cl)nc1. The first-order chi connectivity index (χ1) is 14.9.